The van der Waals surface area contributed by atoms with E-state index >= 15 is 0 Å². The van der Waals surface area contributed by atoms with E-state index < -0.39 is 0 Å². The molecule has 0 fully saturated rings. The number of aromatic nitrogens is 2. The summed E-state index contributed by atoms with van der Waals surface area (Å²) in [5.41, 5.74) is 12.6. The van der Waals surface area contributed by atoms with Gasteiger partial charge in [-0.3, -0.25) is 0 Å². The van der Waals surface area contributed by atoms with Gasteiger partial charge in [-0.15, -0.1) is 0 Å². The van der Waals surface area contributed by atoms with Crippen LogP contribution in [0.2, 0.25) is 0 Å². The standard InChI is InChI=1S/C49H34N2/c1-49(2)43-22-12-21-41(47(43)42-28-33-16-6-7-17-34(33)29-44(42)49)39-19-10-11-20-40(39)46-30-45(50-48(51-46)32-14-4-3-5-15-32)36-25-26-38-35(27-36)24-23-31-13-8-9-18-37(31)38/h3-30H,1-2H3. The summed E-state index contributed by atoms with van der Waals surface area (Å²) in [7, 11) is 0. The summed E-state index contributed by atoms with van der Waals surface area (Å²) in [4.78, 5) is 10.5. The van der Waals surface area contributed by atoms with Crippen LogP contribution in [0.1, 0.15) is 25.0 Å². The van der Waals surface area contributed by atoms with E-state index in [9.17, 15) is 0 Å². The van der Waals surface area contributed by atoms with Crippen molar-refractivity contribution in [2.75, 3.05) is 0 Å². The van der Waals surface area contributed by atoms with Gasteiger partial charge in [0.2, 0.25) is 0 Å². The smallest absolute Gasteiger partial charge is 0.160 e. The van der Waals surface area contributed by atoms with Crippen molar-refractivity contribution >= 4 is 32.3 Å². The number of hydrogen-bond donors (Lipinski definition) is 0. The minimum Gasteiger partial charge on any atom is -0.228 e. The van der Waals surface area contributed by atoms with Crippen LogP contribution >= 0.6 is 0 Å². The molecule has 0 aliphatic heterocycles. The molecule has 2 nitrogen and oxygen atoms in total. The van der Waals surface area contributed by atoms with Gasteiger partial charge in [-0.1, -0.05) is 159 Å². The molecule has 0 N–H and O–H groups in total. The van der Waals surface area contributed by atoms with Gasteiger partial charge in [0.15, 0.2) is 5.82 Å². The van der Waals surface area contributed by atoms with E-state index in [0.29, 0.717) is 5.82 Å². The number of fused-ring (bicyclic) bond motifs is 7. The lowest BCUT2D eigenvalue weighted by Crippen LogP contribution is -2.14. The molecule has 0 saturated heterocycles. The third kappa shape index (κ3) is 4.71. The number of nitrogens with zero attached hydrogens (tertiary/aromatic N) is 2. The molecule has 0 saturated carbocycles. The molecule has 1 aliphatic carbocycles. The fourth-order valence-electron chi connectivity index (χ4n) is 8.26. The van der Waals surface area contributed by atoms with Crippen molar-refractivity contribution in [2.24, 2.45) is 0 Å². The lowest BCUT2D eigenvalue weighted by Gasteiger charge is -2.22. The molecule has 9 aromatic rings. The molecule has 0 unspecified atom stereocenters. The first-order valence-corrected chi connectivity index (χ1v) is 17.7. The Morgan fingerprint density at radius 3 is 1.86 bits per heavy atom. The molecule has 0 spiro atoms. The summed E-state index contributed by atoms with van der Waals surface area (Å²) in [5.74, 6) is 0.716. The first kappa shape index (κ1) is 29.5. The maximum absolute atomic E-state index is 5.29. The van der Waals surface area contributed by atoms with Crippen molar-refractivity contribution in [1.82, 2.24) is 9.97 Å². The second-order valence-electron chi connectivity index (χ2n) is 14.2. The third-order valence-corrected chi connectivity index (χ3v) is 10.9. The quantitative estimate of drug-likeness (QED) is 0.177. The molecule has 0 atom stereocenters. The van der Waals surface area contributed by atoms with Gasteiger partial charge in [0.05, 0.1) is 11.4 Å². The van der Waals surface area contributed by atoms with Crippen LogP contribution in [0.15, 0.2) is 170 Å². The van der Waals surface area contributed by atoms with Crippen molar-refractivity contribution < 1.29 is 0 Å². The highest BCUT2D eigenvalue weighted by Gasteiger charge is 2.37. The number of rotatable bonds is 4. The van der Waals surface area contributed by atoms with Crippen molar-refractivity contribution in [1.29, 1.82) is 0 Å². The lowest BCUT2D eigenvalue weighted by atomic mass is 9.81. The summed E-state index contributed by atoms with van der Waals surface area (Å²) in [6.45, 7) is 4.72. The second kappa shape index (κ2) is 11.3. The zero-order valence-corrected chi connectivity index (χ0v) is 28.6. The SMILES string of the molecule is CC1(C)c2cc3ccccc3cc2-c2c(-c3ccccc3-c3cc(-c4ccc5c(ccc6ccccc65)c4)nc(-c4ccccc4)n3)cccc21. The van der Waals surface area contributed by atoms with Crippen molar-refractivity contribution in [2.45, 2.75) is 19.3 Å². The number of benzene rings is 8. The molecule has 1 heterocycles. The highest BCUT2D eigenvalue weighted by molar-refractivity contribution is 6.08. The Morgan fingerprint density at radius 2 is 1.02 bits per heavy atom. The van der Waals surface area contributed by atoms with E-state index in [2.05, 4.69) is 178 Å². The van der Waals surface area contributed by atoms with Crippen LogP contribution in [0.25, 0.3) is 88.5 Å². The average Bonchev–Trinajstić information content (AvgIpc) is 3.42. The highest BCUT2D eigenvalue weighted by Crippen LogP contribution is 2.54. The molecule has 2 heteroatoms. The summed E-state index contributed by atoms with van der Waals surface area (Å²) in [5, 5.41) is 7.49. The van der Waals surface area contributed by atoms with Crippen molar-refractivity contribution in [3.63, 3.8) is 0 Å². The van der Waals surface area contributed by atoms with Gasteiger partial charge in [-0.05, 0) is 90.0 Å². The van der Waals surface area contributed by atoms with Gasteiger partial charge in [0.25, 0.3) is 0 Å². The van der Waals surface area contributed by atoms with Crippen LogP contribution in [0.3, 0.4) is 0 Å². The van der Waals surface area contributed by atoms with E-state index in [4.69, 9.17) is 9.97 Å². The molecule has 0 amide bonds. The van der Waals surface area contributed by atoms with E-state index in [0.717, 1.165) is 28.1 Å². The van der Waals surface area contributed by atoms with Crippen molar-refractivity contribution in [3.8, 4) is 56.2 Å². The Balaban J connectivity index is 1.19. The maximum atomic E-state index is 5.29. The minimum absolute atomic E-state index is 0.121. The van der Waals surface area contributed by atoms with Crippen LogP contribution in [0.4, 0.5) is 0 Å². The Labute approximate surface area is 297 Å². The van der Waals surface area contributed by atoms with Gasteiger partial charge in [0, 0.05) is 22.1 Å². The Hall–Kier alpha value is -6.38. The Morgan fingerprint density at radius 1 is 0.373 bits per heavy atom. The van der Waals surface area contributed by atoms with Crippen molar-refractivity contribution in [3.05, 3.63) is 181 Å². The Kier molecular flexibility index (Phi) is 6.56. The molecule has 51 heavy (non-hydrogen) atoms. The predicted molar refractivity (Wildman–Crippen MR) is 214 cm³/mol. The average molecular weight is 651 g/mol. The zero-order chi connectivity index (χ0) is 34.1. The summed E-state index contributed by atoms with van der Waals surface area (Å²) in [6.07, 6.45) is 0. The molecule has 8 aromatic carbocycles. The fraction of sp³-hybridized carbons (Fsp3) is 0.0612. The highest BCUT2D eigenvalue weighted by atomic mass is 14.9. The maximum Gasteiger partial charge on any atom is 0.160 e. The predicted octanol–water partition coefficient (Wildman–Crippen LogP) is 12.9. The first-order valence-electron chi connectivity index (χ1n) is 17.7. The van der Waals surface area contributed by atoms with Gasteiger partial charge < -0.3 is 0 Å². The summed E-state index contributed by atoms with van der Waals surface area (Å²) < 4.78 is 0. The molecule has 240 valence electrons. The zero-order valence-electron chi connectivity index (χ0n) is 28.6. The molecular weight excluding hydrogens is 617 g/mol. The lowest BCUT2D eigenvalue weighted by molar-refractivity contribution is 0.661. The molecule has 0 radical (unpaired) electrons. The first-order chi connectivity index (χ1) is 25.0. The molecule has 1 aromatic heterocycles. The molecular formula is C49H34N2. The van der Waals surface area contributed by atoms with Crippen LogP contribution in [-0.2, 0) is 5.41 Å². The normalized spacial score (nSPS) is 13.1. The van der Waals surface area contributed by atoms with Gasteiger partial charge in [0.1, 0.15) is 0 Å². The van der Waals surface area contributed by atoms with Crippen LogP contribution in [0, 0.1) is 0 Å². The van der Waals surface area contributed by atoms with Crippen LogP contribution < -0.4 is 0 Å². The molecule has 10 rings (SSSR count). The second-order valence-corrected chi connectivity index (χ2v) is 14.2. The van der Waals surface area contributed by atoms with Gasteiger partial charge in [-0.2, -0.15) is 0 Å². The van der Waals surface area contributed by atoms with Crippen LogP contribution in [-0.4, -0.2) is 9.97 Å². The third-order valence-electron chi connectivity index (χ3n) is 10.9. The van der Waals surface area contributed by atoms with E-state index in [1.54, 1.807) is 0 Å². The molecule has 0 bridgehead atoms. The van der Waals surface area contributed by atoms with E-state index in [-0.39, 0.29) is 5.41 Å². The Bertz CT molecular complexity index is 2830. The summed E-state index contributed by atoms with van der Waals surface area (Å²) >= 11 is 0. The van der Waals surface area contributed by atoms with E-state index in [1.807, 2.05) is 6.07 Å². The van der Waals surface area contributed by atoms with E-state index in [1.165, 1.54) is 65.7 Å². The largest absolute Gasteiger partial charge is 0.228 e. The molecule has 1 aliphatic rings. The van der Waals surface area contributed by atoms with Gasteiger partial charge >= 0.3 is 0 Å². The monoisotopic (exact) mass is 650 g/mol. The topological polar surface area (TPSA) is 25.8 Å². The van der Waals surface area contributed by atoms with Crippen LogP contribution in [0.5, 0.6) is 0 Å². The minimum atomic E-state index is -0.121. The van der Waals surface area contributed by atoms with Gasteiger partial charge in [-0.25, -0.2) is 9.97 Å². The summed E-state index contributed by atoms with van der Waals surface area (Å²) in [6, 6.07) is 61.3. The number of hydrogen-bond acceptors (Lipinski definition) is 2. The fourth-order valence-corrected chi connectivity index (χ4v) is 8.26.